The quantitative estimate of drug-likeness (QED) is 0.0690. The fourth-order valence-corrected chi connectivity index (χ4v) is 7.18. The Hall–Kier alpha value is -0.0800. The van der Waals surface area contributed by atoms with E-state index in [2.05, 4.69) is 25.7 Å². The molecule has 0 heterocycles. The topological polar surface area (TPSA) is 23.5 Å². The first-order valence-corrected chi connectivity index (χ1v) is 21.1. The number of hydrogen-bond acceptors (Lipinski definition) is 2. The highest BCUT2D eigenvalue weighted by Gasteiger charge is 2.11. The number of aliphatic hydroxyl groups excluding tert-OH is 1. The summed E-state index contributed by atoms with van der Waals surface area (Å²) in [6, 6.07) is 0. The van der Waals surface area contributed by atoms with Gasteiger partial charge in [-0.25, -0.2) is 0 Å². The van der Waals surface area contributed by atoms with Crippen LogP contribution in [0.2, 0.25) is 0 Å². The number of unbranched alkanes of at least 4 members (excludes halogenated alkanes) is 27. The van der Waals surface area contributed by atoms with Crippen molar-refractivity contribution in [2.75, 3.05) is 26.2 Å². The maximum Gasteiger partial charge on any atom is 0.0558 e. The van der Waals surface area contributed by atoms with Gasteiger partial charge < -0.3 is 10.0 Å². The molecule has 0 saturated carbocycles. The van der Waals surface area contributed by atoms with E-state index < -0.39 is 0 Å². The normalized spacial score (nSPS) is 11.9. The molecule has 44 heavy (non-hydrogen) atoms. The first-order chi connectivity index (χ1) is 21.8. The molecule has 0 fully saturated rings. The van der Waals surface area contributed by atoms with Crippen molar-refractivity contribution in [2.24, 2.45) is 5.92 Å². The first kappa shape index (κ1) is 43.9. The third kappa shape index (κ3) is 34.8. The molecule has 0 aliphatic rings. The zero-order chi connectivity index (χ0) is 32.0. The van der Waals surface area contributed by atoms with Crippen molar-refractivity contribution in [3.05, 3.63) is 0 Å². The second kappa shape index (κ2) is 39.1. The standard InChI is InChI=1S/C42H87NO/c1-4-7-10-13-16-19-22-25-28-31-35-42(36-32-29-26-23-20-17-14-11-8-5-2)37-34-39-43(40-41-44)38-33-30-27-24-21-18-15-12-9-6-3/h42,44H,4-41H2,1-3H3. The van der Waals surface area contributed by atoms with E-state index in [4.69, 9.17) is 0 Å². The van der Waals surface area contributed by atoms with E-state index in [0.29, 0.717) is 6.61 Å². The summed E-state index contributed by atoms with van der Waals surface area (Å²) < 4.78 is 0. The average Bonchev–Trinajstić information content (AvgIpc) is 3.03. The Bertz CT molecular complexity index is 470. The highest BCUT2D eigenvalue weighted by molar-refractivity contribution is 4.65. The Morgan fingerprint density at radius 3 is 0.932 bits per heavy atom. The minimum atomic E-state index is 0.318. The predicted molar refractivity (Wildman–Crippen MR) is 201 cm³/mol. The molecule has 0 aliphatic heterocycles. The van der Waals surface area contributed by atoms with E-state index in [9.17, 15) is 5.11 Å². The van der Waals surface area contributed by atoms with Crippen LogP contribution in [-0.4, -0.2) is 36.2 Å². The highest BCUT2D eigenvalue weighted by Crippen LogP contribution is 2.24. The van der Waals surface area contributed by atoms with E-state index in [1.807, 2.05) is 0 Å². The molecule has 0 amide bonds. The Labute approximate surface area is 280 Å². The van der Waals surface area contributed by atoms with Gasteiger partial charge in [-0.1, -0.05) is 220 Å². The van der Waals surface area contributed by atoms with Crippen LogP contribution in [0.1, 0.15) is 239 Å². The van der Waals surface area contributed by atoms with E-state index >= 15 is 0 Å². The highest BCUT2D eigenvalue weighted by atomic mass is 16.3. The second-order valence-electron chi connectivity index (χ2n) is 14.7. The smallest absolute Gasteiger partial charge is 0.0558 e. The van der Waals surface area contributed by atoms with Crippen molar-refractivity contribution >= 4 is 0 Å². The molecule has 0 spiro atoms. The van der Waals surface area contributed by atoms with Gasteiger partial charge in [-0.05, 0) is 38.3 Å². The molecule has 2 heteroatoms. The maximum atomic E-state index is 9.68. The maximum absolute atomic E-state index is 9.68. The van der Waals surface area contributed by atoms with Gasteiger partial charge in [-0.15, -0.1) is 0 Å². The summed E-state index contributed by atoms with van der Waals surface area (Å²) in [6.45, 7) is 10.5. The summed E-state index contributed by atoms with van der Waals surface area (Å²) in [6.07, 6.45) is 48.6. The van der Waals surface area contributed by atoms with Crippen LogP contribution in [0.5, 0.6) is 0 Å². The van der Waals surface area contributed by atoms with Gasteiger partial charge in [0.25, 0.3) is 0 Å². The minimum absolute atomic E-state index is 0.318. The van der Waals surface area contributed by atoms with Crippen LogP contribution >= 0.6 is 0 Å². The van der Waals surface area contributed by atoms with Gasteiger partial charge in [0.15, 0.2) is 0 Å². The molecule has 0 aliphatic carbocycles. The van der Waals surface area contributed by atoms with Crippen LogP contribution in [0.4, 0.5) is 0 Å². The van der Waals surface area contributed by atoms with Gasteiger partial charge in [0.1, 0.15) is 0 Å². The summed E-state index contributed by atoms with van der Waals surface area (Å²) in [5.41, 5.74) is 0. The molecule has 0 atom stereocenters. The molecule has 0 aromatic carbocycles. The zero-order valence-corrected chi connectivity index (χ0v) is 31.3. The third-order valence-corrected chi connectivity index (χ3v) is 10.3. The van der Waals surface area contributed by atoms with Crippen LogP contribution in [0, 0.1) is 5.92 Å². The number of aliphatic hydroxyl groups is 1. The average molecular weight is 622 g/mol. The lowest BCUT2D eigenvalue weighted by atomic mass is 9.90. The van der Waals surface area contributed by atoms with Crippen LogP contribution in [0.25, 0.3) is 0 Å². The fraction of sp³-hybridized carbons (Fsp3) is 1.00. The largest absolute Gasteiger partial charge is 0.395 e. The molecule has 0 aromatic rings. The zero-order valence-electron chi connectivity index (χ0n) is 31.3. The second-order valence-corrected chi connectivity index (χ2v) is 14.7. The van der Waals surface area contributed by atoms with Crippen LogP contribution in [-0.2, 0) is 0 Å². The summed E-state index contributed by atoms with van der Waals surface area (Å²) in [7, 11) is 0. The van der Waals surface area contributed by atoms with Crippen LogP contribution < -0.4 is 0 Å². The summed E-state index contributed by atoms with van der Waals surface area (Å²) in [5.74, 6) is 0.936. The number of rotatable bonds is 39. The van der Waals surface area contributed by atoms with Crippen molar-refractivity contribution in [3.8, 4) is 0 Å². The van der Waals surface area contributed by atoms with E-state index in [1.165, 1.54) is 231 Å². The first-order valence-electron chi connectivity index (χ1n) is 21.1. The fourth-order valence-electron chi connectivity index (χ4n) is 7.18. The van der Waals surface area contributed by atoms with Crippen molar-refractivity contribution in [1.29, 1.82) is 0 Å². The lowest BCUT2D eigenvalue weighted by Crippen LogP contribution is -2.29. The Balaban J connectivity index is 4.22. The molecule has 266 valence electrons. The molecule has 0 rings (SSSR count). The third-order valence-electron chi connectivity index (χ3n) is 10.3. The van der Waals surface area contributed by atoms with E-state index in [0.717, 1.165) is 12.5 Å². The van der Waals surface area contributed by atoms with Gasteiger partial charge in [-0.2, -0.15) is 0 Å². The lowest BCUT2D eigenvalue weighted by molar-refractivity contribution is 0.187. The number of nitrogens with zero attached hydrogens (tertiary/aromatic N) is 1. The molecule has 0 bridgehead atoms. The van der Waals surface area contributed by atoms with Gasteiger partial charge in [0.05, 0.1) is 6.61 Å². The molecular formula is C42H87NO. The Morgan fingerprint density at radius 2 is 0.591 bits per heavy atom. The number of hydrogen-bond donors (Lipinski definition) is 1. The lowest BCUT2D eigenvalue weighted by Gasteiger charge is -2.23. The van der Waals surface area contributed by atoms with Gasteiger partial charge in [0.2, 0.25) is 0 Å². The van der Waals surface area contributed by atoms with E-state index in [-0.39, 0.29) is 0 Å². The molecule has 0 saturated heterocycles. The Kier molecular flexibility index (Phi) is 39.0. The van der Waals surface area contributed by atoms with Crippen LogP contribution in [0.15, 0.2) is 0 Å². The summed E-state index contributed by atoms with van der Waals surface area (Å²) in [4.78, 5) is 2.57. The summed E-state index contributed by atoms with van der Waals surface area (Å²) >= 11 is 0. The van der Waals surface area contributed by atoms with Crippen molar-refractivity contribution < 1.29 is 5.11 Å². The van der Waals surface area contributed by atoms with E-state index in [1.54, 1.807) is 0 Å². The SMILES string of the molecule is CCCCCCCCCCCCC(CCCCCCCCCCCC)CCCN(CCO)CCCCCCCCCCCC. The van der Waals surface area contributed by atoms with Crippen molar-refractivity contribution in [3.63, 3.8) is 0 Å². The Morgan fingerprint density at radius 1 is 0.318 bits per heavy atom. The van der Waals surface area contributed by atoms with Crippen LogP contribution in [0.3, 0.4) is 0 Å². The minimum Gasteiger partial charge on any atom is -0.395 e. The predicted octanol–water partition coefficient (Wildman–Crippen LogP) is 14.2. The van der Waals surface area contributed by atoms with Gasteiger partial charge in [0, 0.05) is 6.54 Å². The summed E-state index contributed by atoms with van der Waals surface area (Å²) in [5, 5.41) is 9.68. The molecule has 0 unspecified atom stereocenters. The van der Waals surface area contributed by atoms with Crippen molar-refractivity contribution in [1.82, 2.24) is 4.90 Å². The molecule has 0 aromatic heterocycles. The monoisotopic (exact) mass is 622 g/mol. The molecule has 2 nitrogen and oxygen atoms in total. The van der Waals surface area contributed by atoms with Gasteiger partial charge >= 0.3 is 0 Å². The molecule has 1 N–H and O–H groups in total. The molecule has 0 radical (unpaired) electrons. The van der Waals surface area contributed by atoms with Gasteiger partial charge in [-0.3, -0.25) is 0 Å². The molecular weight excluding hydrogens is 534 g/mol. The van der Waals surface area contributed by atoms with Crippen molar-refractivity contribution in [2.45, 2.75) is 239 Å².